The Kier molecular flexibility index (Phi) is 2.29. The Labute approximate surface area is 109 Å². The number of carbonyl (C=O) groups is 1. The molecule has 0 amide bonds. The van der Waals surface area contributed by atoms with Crippen molar-refractivity contribution in [3.63, 3.8) is 0 Å². The molecule has 0 radical (unpaired) electrons. The molecule has 1 saturated carbocycles. The van der Waals surface area contributed by atoms with E-state index in [1.54, 1.807) is 6.07 Å². The van der Waals surface area contributed by atoms with Crippen LogP contribution in [-0.4, -0.2) is 17.9 Å². The molecule has 3 rings (SSSR count). The van der Waals surface area contributed by atoms with Crippen LogP contribution in [0.3, 0.4) is 0 Å². The second kappa shape index (κ2) is 3.54. The zero-order chi connectivity index (χ0) is 13.1. The minimum absolute atomic E-state index is 0.0259. The van der Waals surface area contributed by atoms with Gasteiger partial charge in [0.1, 0.15) is 0 Å². The average Bonchev–Trinajstić information content (AvgIpc) is 2.67. The first-order chi connectivity index (χ1) is 8.43. The van der Waals surface area contributed by atoms with Crippen molar-refractivity contribution in [3.05, 3.63) is 22.7 Å². The van der Waals surface area contributed by atoms with E-state index in [1.165, 1.54) is 0 Å². The Morgan fingerprint density at radius 2 is 2.17 bits per heavy atom. The lowest BCUT2D eigenvalue weighted by Gasteiger charge is -2.06. The predicted molar refractivity (Wildman–Crippen MR) is 65.2 cm³/mol. The molecule has 0 aromatic heterocycles. The summed E-state index contributed by atoms with van der Waals surface area (Å²) in [6, 6.07) is 3.62. The topological polar surface area (TPSA) is 55.8 Å². The maximum absolute atomic E-state index is 11.2. The van der Waals surface area contributed by atoms with Gasteiger partial charge in [-0.1, -0.05) is 25.4 Å². The number of rotatable bonds is 2. The normalized spacial score (nSPS) is 27.1. The second-order valence-electron chi connectivity index (χ2n) is 5.35. The van der Waals surface area contributed by atoms with Crippen molar-refractivity contribution < 1.29 is 19.4 Å². The molecule has 18 heavy (non-hydrogen) atoms. The van der Waals surface area contributed by atoms with Gasteiger partial charge in [0.05, 0.1) is 10.9 Å². The zero-order valence-electron chi connectivity index (χ0n) is 10.1. The van der Waals surface area contributed by atoms with E-state index in [4.69, 9.17) is 21.1 Å². The molecule has 96 valence electrons. The molecule has 0 unspecified atom stereocenters. The third kappa shape index (κ3) is 1.48. The summed E-state index contributed by atoms with van der Waals surface area (Å²) in [6.07, 6.45) is 0. The lowest BCUT2D eigenvalue weighted by Crippen LogP contribution is -2.03. The van der Waals surface area contributed by atoms with Crippen LogP contribution < -0.4 is 9.47 Å². The quantitative estimate of drug-likeness (QED) is 0.896. The molecular formula is C13H13ClO4. The number of ether oxygens (including phenoxy) is 2. The summed E-state index contributed by atoms with van der Waals surface area (Å²) < 4.78 is 10.5. The molecule has 0 spiro atoms. The molecule has 2 aliphatic rings. The zero-order valence-corrected chi connectivity index (χ0v) is 10.8. The van der Waals surface area contributed by atoms with Gasteiger partial charge in [0.25, 0.3) is 0 Å². The van der Waals surface area contributed by atoms with Crippen LogP contribution in [0.2, 0.25) is 5.02 Å². The smallest absolute Gasteiger partial charge is 0.307 e. The molecule has 5 heteroatoms. The fraction of sp³-hybridized carbons (Fsp3) is 0.462. The van der Waals surface area contributed by atoms with Gasteiger partial charge in [0, 0.05) is 5.92 Å². The van der Waals surface area contributed by atoms with Crippen LogP contribution in [0, 0.1) is 11.3 Å². The van der Waals surface area contributed by atoms with Crippen LogP contribution >= 0.6 is 11.6 Å². The van der Waals surface area contributed by atoms with Gasteiger partial charge in [-0.25, -0.2) is 0 Å². The van der Waals surface area contributed by atoms with E-state index in [0.717, 1.165) is 5.56 Å². The van der Waals surface area contributed by atoms with Crippen LogP contribution in [-0.2, 0) is 4.79 Å². The number of hydrogen-bond donors (Lipinski definition) is 1. The highest BCUT2D eigenvalue weighted by Gasteiger charge is 2.62. The highest BCUT2D eigenvalue weighted by molar-refractivity contribution is 6.32. The monoisotopic (exact) mass is 268 g/mol. The number of halogens is 1. The first-order valence-electron chi connectivity index (χ1n) is 5.75. The summed E-state index contributed by atoms with van der Waals surface area (Å²) in [5.41, 5.74) is 0.657. The van der Waals surface area contributed by atoms with Crippen LogP contribution in [0.5, 0.6) is 11.5 Å². The molecule has 1 aliphatic heterocycles. The summed E-state index contributed by atoms with van der Waals surface area (Å²) in [6.45, 7) is 4.07. The van der Waals surface area contributed by atoms with Crippen molar-refractivity contribution >= 4 is 17.6 Å². The van der Waals surface area contributed by atoms with Crippen molar-refractivity contribution in [1.29, 1.82) is 0 Å². The number of carboxylic acids is 1. The predicted octanol–water partition coefficient (Wildman–Crippen LogP) is 2.89. The number of aliphatic carboxylic acids is 1. The standard InChI is InChI=1S/C13H13ClO4/c1-13(2)9(10(13)12(15)16)6-3-7(14)11-8(4-6)17-5-18-11/h3-4,9-10H,5H2,1-2H3,(H,15,16)/t9-,10+/m1/s1. The fourth-order valence-corrected chi connectivity index (χ4v) is 3.16. The largest absolute Gasteiger partial charge is 0.481 e. The Morgan fingerprint density at radius 3 is 2.78 bits per heavy atom. The van der Waals surface area contributed by atoms with Gasteiger partial charge in [-0.05, 0) is 23.1 Å². The molecule has 1 fully saturated rings. The molecule has 4 nitrogen and oxygen atoms in total. The van der Waals surface area contributed by atoms with E-state index in [-0.39, 0.29) is 24.0 Å². The minimum Gasteiger partial charge on any atom is -0.481 e. The molecule has 0 saturated heterocycles. The minimum atomic E-state index is -0.765. The van der Waals surface area contributed by atoms with Crippen LogP contribution in [0.15, 0.2) is 12.1 Å². The van der Waals surface area contributed by atoms with E-state index in [1.807, 2.05) is 19.9 Å². The van der Waals surface area contributed by atoms with Gasteiger partial charge in [0.15, 0.2) is 11.5 Å². The van der Waals surface area contributed by atoms with Gasteiger partial charge < -0.3 is 14.6 Å². The molecule has 0 bridgehead atoms. The lowest BCUT2D eigenvalue weighted by atomic mass is 10.0. The number of benzene rings is 1. The third-order valence-electron chi connectivity index (χ3n) is 3.90. The van der Waals surface area contributed by atoms with Crippen molar-refractivity contribution in [2.45, 2.75) is 19.8 Å². The molecule has 1 aliphatic carbocycles. The molecule has 1 aromatic carbocycles. The third-order valence-corrected chi connectivity index (χ3v) is 4.18. The SMILES string of the molecule is CC1(C)[C@H](C(=O)O)[C@H]1c1cc(Cl)c2c(c1)OCO2. The van der Waals surface area contributed by atoms with Gasteiger partial charge in [-0.15, -0.1) is 0 Å². The van der Waals surface area contributed by atoms with E-state index in [2.05, 4.69) is 0 Å². The van der Waals surface area contributed by atoms with Gasteiger partial charge in [-0.3, -0.25) is 4.79 Å². The van der Waals surface area contributed by atoms with E-state index in [9.17, 15) is 9.90 Å². The Hall–Kier alpha value is -1.42. The van der Waals surface area contributed by atoms with Crippen molar-refractivity contribution in [2.24, 2.45) is 11.3 Å². The summed E-state index contributed by atoms with van der Waals surface area (Å²) in [5.74, 6) is -0.00943. The van der Waals surface area contributed by atoms with Crippen LogP contribution in [0.4, 0.5) is 0 Å². The van der Waals surface area contributed by atoms with Crippen molar-refractivity contribution in [1.82, 2.24) is 0 Å². The molecule has 1 heterocycles. The van der Waals surface area contributed by atoms with Gasteiger partial charge in [-0.2, -0.15) is 0 Å². The molecule has 2 atom stereocenters. The number of fused-ring (bicyclic) bond motifs is 1. The first kappa shape index (κ1) is 11.7. The van der Waals surface area contributed by atoms with Crippen LogP contribution in [0.1, 0.15) is 25.3 Å². The summed E-state index contributed by atoms with van der Waals surface area (Å²) in [7, 11) is 0. The van der Waals surface area contributed by atoms with Crippen molar-refractivity contribution in [3.8, 4) is 11.5 Å². The highest BCUT2D eigenvalue weighted by atomic mass is 35.5. The maximum atomic E-state index is 11.2. The van der Waals surface area contributed by atoms with E-state index in [0.29, 0.717) is 16.5 Å². The molecular weight excluding hydrogens is 256 g/mol. The Bertz CT molecular complexity index is 538. The average molecular weight is 269 g/mol. The summed E-state index contributed by atoms with van der Waals surface area (Å²) in [5, 5.41) is 9.67. The maximum Gasteiger partial charge on any atom is 0.307 e. The first-order valence-corrected chi connectivity index (χ1v) is 6.12. The van der Waals surface area contributed by atoms with Gasteiger partial charge in [0.2, 0.25) is 6.79 Å². The van der Waals surface area contributed by atoms with E-state index >= 15 is 0 Å². The van der Waals surface area contributed by atoms with E-state index < -0.39 is 5.97 Å². The Balaban J connectivity index is 2.00. The van der Waals surface area contributed by atoms with Gasteiger partial charge >= 0.3 is 5.97 Å². The second-order valence-corrected chi connectivity index (χ2v) is 5.76. The number of carboxylic acid groups (broad SMARTS) is 1. The lowest BCUT2D eigenvalue weighted by molar-refractivity contribution is -0.139. The Morgan fingerprint density at radius 1 is 1.44 bits per heavy atom. The molecule has 1 aromatic rings. The number of hydrogen-bond acceptors (Lipinski definition) is 3. The fourth-order valence-electron chi connectivity index (χ4n) is 2.89. The summed E-state index contributed by atoms with van der Waals surface area (Å²) >= 11 is 6.11. The van der Waals surface area contributed by atoms with Crippen LogP contribution in [0.25, 0.3) is 0 Å². The molecule has 1 N–H and O–H groups in total. The highest BCUT2D eigenvalue weighted by Crippen LogP contribution is 2.65. The summed E-state index contributed by atoms with van der Waals surface area (Å²) in [4.78, 5) is 11.2. The van der Waals surface area contributed by atoms with Crippen molar-refractivity contribution in [2.75, 3.05) is 6.79 Å².